The Kier molecular flexibility index (Phi) is 18.6. The van der Waals surface area contributed by atoms with E-state index in [2.05, 4.69) is 27.4 Å². The first-order valence-electron chi connectivity index (χ1n) is 13.8. The second-order valence-electron chi connectivity index (χ2n) is 10.1. The summed E-state index contributed by atoms with van der Waals surface area (Å²) in [5, 5.41) is 0. The van der Waals surface area contributed by atoms with Gasteiger partial charge in [0.15, 0.2) is 0 Å². The van der Waals surface area contributed by atoms with Crippen molar-refractivity contribution in [1.82, 2.24) is 0 Å². The van der Waals surface area contributed by atoms with Gasteiger partial charge >= 0.3 is 201 Å². The van der Waals surface area contributed by atoms with Crippen LogP contribution in [0, 0.1) is 0 Å². The first kappa shape index (κ1) is 31.1. The van der Waals surface area contributed by atoms with Crippen molar-refractivity contribution < 1.29 is 4.79 Å². The van der Waals surface area contributed by atoms with E-state index >= 15 is 0 Å². The molecule has 0 atom stereocenters. The molecule has 0 aromatic rings. The number of carbonyl (C=O) groups excluding carboxylic acids is 1. The Labute approximate surface area is 201 Å². The summed E-state index contributed by atoms with van der Waals surface area (Å²) in [7, 11) is 0. The summed E-state index contributed by atoms with van der Waals surface area (Å²) in [6, 6.07) is 0. The Morgan fingerprint density at radius 3 is 1.10 bits per heavy atom. The minimum absolute atomic E-state index is 0.267. The van der Waals surface area contributed by atoms with Crippen LogP contribution in [0.25, 0.3) is 0 Å². The molecule has 0 rings (SSSR count). The Hall–Kier alpha value is 0.130. The van der Waals surface area contributed by atoms with Crippen molar-refractivity contribution in [3.63, 3.8) is 0 Å². The first-order valence-corrected chi connectivity index (χ1v) is 17.5. The van der Waals surface area contributed by atoms with Crippen LogP contribution < -0.4 is 0 Å². The molecule has 31 heavy (non-hydrogen) atoms. The molecule has 0 amide bonds. The van der Waals surface area contributed by atoms with Gasteiger partial charge in [0.2, 0.25) is 0 Å². The van der Waals surface area contributed by atoms with E-state index in [1.54, 1.807) is 0 Å². The van der Waals surface area contributed by atoms with Crippen LogP contribution in [0.4, 0.5) is 0 Å². The standard InChI is InChI=1S/C28H56ClOP/c1-6-9-12-15-18-21-24-31(29,28(30)27(4)5,25-22-19-16-13-10-7-2)26-23-20-17-14-11-8-3/h4,6-26H2,1-3,5H3. The van der Waals surface area contributed by atoms with Gasteiger partial charge in [-0.2, -0.15) is 0 Å². The number of unbranched alkanes of at least 4 members (excludes halogenated alkanes) is 15. The average molecular weight is 475 g/mol. The van der Waals surface area contributed by atoms with Crippen molar-refractivity contribution in [3.8, 4) is 0 Å². The third-order valence-electron chi connectivity index (χ3n) is 6.95. The van der Waals surface area contributed by atoms with E-state index in [-0.39, 0.29) is 5.52 Å². The Morgan fingerprint density at radius 2 is 0.839 bits per heavy atom. The second-order valence-corrected chi connectivity index (χ2v) is 17.7. The van der Waals surface area contributed by atoms with E-state index in [0.717, 1.165) is 37.7 Å². The number of allylic oxidation sites excluding steroid dienone is 1. The Morgan fingerprint density at radius 1 is 0.581 bits per heavy atom. The van der Waals surface area contributed by atoms with Gasteiger partial charge in [-0.25, -0.2) is 0 Å². The molecular weight excluding hydrogens is 419 g/mol. The molecule has 0 fully saturated rings. The van der Waals surface area contributed by atoms with Crippen LogP contribution in [0.15, 0.2) is 12.2 Å². The molecule has 0 aromatic carbocycles. The normalized spacial score (nSPS) is 13.1. The van der Waals surface area contributed by atoms with Crippen molar-refractivity contribution in [2.45, 2.75) is 143 Å². The van der Waals surface area contributed by atoms with Gasteiger partial charge in [0.05, 0.1) is 0 Å². The fraction of sp³-hybridized carbons (Fsp3) is 0.893. The fourth-order valence-electron chi connectivity index (χ4n) is 4.88. The summed E-state index contributed by atoms with van der Waals surface area (Å²) < 4.78 is 0. The van der Waals surface area contributed by atoms with Crippen LogP contribution in [0.3, 0.4) is 0 Å². The van der Waals surface area contributed by atoms with E-state index in [4.69, 9.17) is 11.2 Å². The molecule has 0 saturated carbocycles. The molecule has 0 aliphatic rings. The molecule has 186 valence electrons. The SMILES string of the molecule is C=C(C)C(=O)P(Cl)(CCCCCCCC)(CCCCCCCC)CCCCCCCC. The molecule has 0 aromatic heterocycles. The molecule has 0 unspecified atom stereocenters. The van der Waals surface area contributed by atoms with Gasteiger partial charge in [0.25, 0.3) is 0 Å². The number of carbonyl (C=O) groups is 1. The van der Waals surface area contributed by atoms with E-state index in [0.29, 0.717) is 5.57 Å². The van der Waals surface area contributed by atoms with Crippen LogP contribution in [0.5, 0.6) is 0 Å². The van der Waals surface area contributed by atoms with Gasteiger partial charge < -0.3 is 0 Å². The molecule has 0 saturated heterocycles. The quantitative estimate of drug-likeness (QED) is 0.0816. The van der Waals surface area contributed by atoms with Crippen molar-refractivity contribution in [2.75, 3.05) is 18.5 Å². The predicted molar refractivity (Wildman–Crippen MR) is 147 cm³/mol. The molecular formula is C28H56ClOP. The van der Waals surface area contributed by atoms with Crippen LogP contribution in [-0.4, -0.2) is 24.0 Å². The van der Waals surface area contributed by atoms with Crippen molar-refractivity contribution in [2.24, 2.45) is 0 Å². The molecule has 0 radical (unpaired) electrons. The maximum atomic E-state index is 13.6. The molecule has 3 heteroatoms. The van der Waals surface area contributed by atoms with Gasteiger partial charge in [0, 0.05) is 0 Å². The molecule has 1 nitrogen and oxygen atoms in total. The van der Waals surface area contributed by atoms with Crippen LogP contribution in [0.1, 0.15) is 143 Å². The van der Waals surface area contributed by atoms with E-state index in [1.165, 1.54) is 96.3 Å². The van der Waals surface area contributed by atoms with Gasteiger partial charge in [-0.1, -0.05) is 0 Å². The fourth-order valence-corrected chi connectivity index (χ4v) is 11.5. The van der Waals surface area contributed by atoms with E-state index < -0.39 is 5.96 Å². The molecule has 0 N–H and O–H groups in total. The van der Waals surface area contributed by atoms with Gasteiger partial charge in [0.1, 0.15) is 0 Å². The average Bonchev–Trinajstić information content (AvgIpc) is 2.75. The summed E-state index contributed by atoms with van der Waals surface area (Å²) in [5.74, 6) is -2.93. The molecule has 0 spiro atoms. The van der Waals surface area contributed by atoms with Crippen molar-refractivity contribution in [3.05, 3.63) is 12.2 Å². The monoisotopic (exact) mass is 474 g/mol. The molecule has 0 heterocycles. The van der Waals surface area contributed by atoms with Crippen LogP contribution in [-0.2, 0) is 4.79 Å². The molecule has 0 bridgehead atoms. The summed E-state index contributed by atoms with van der Waals surface area (Å²) in [4.78, 5) is 13.6. The number of rotatable bonds is 23. The minimum atomic E-state index is -2.93. The second kappa shape index (κ2) is 18.5. The predicted octanol–water partition coefficient (Wildman–Crippen LogP) is 10.9. The van der Waals surface area contributed by atoms with Crippen molar-refractivity contribution in [1.29, 1.82) is 0 Å². The van der Waals surface area contributed by atoms with Crippen LogP contribution >= 0.6 is 17.2 Å². The summed E-state index contributed by atoms with van der Waals surface area (Å²) in [6.07, 6.45) is 25.5. The Bertz CT molecular complexity index is 430. The summed E-state index contributed by atoms with van der Waals surface area (Å²) in [6.45, 7) is 12.8. The number of halogens is 1. The summed E-state index contributed by atoms with van der Waals surface area (Å²) >= 11 is 7.68. The van der Waals surface area contributed by atoms with Gasteiger partial charge in [-0.15, -0.1) is 0 Å². The summed E-state index contributed by atoms with van der Waals surface area (Å²) in [5.41, 5.74) is 0.971. The van der Waals surface area contributed by atoms with Gasteiger partial charge in [-0.3, -0.25) is 0 Å². The molecule has 0 aliphatic heterocycles. The van der Waals surface area contributed by atoms with E-state index in [9.17, 15) is 4.79 Å². The maximum absolute atomic E-state index is 13.6. The van der Waals surface area contributed by atoms with Gasteiger partial charge in [-0.05, 0) is 0 Å². The third kappa shape index (κ3) is 13.4. The van der Waals surface area contributed by atoms with Crippen LogP contribution in [0.2, 0.25) is 0 Å². The first-order chi connectivity index (χ1) is 14.8. The zero-order chi connectivity index (χ0) is 23.5. The third-order valence-corrected chi connectivity index (χ3v) is 14.3. The molecule has 0 aliphatic carbocycles. The zero-order valence-corrected chi connectivity index (χ0v) is 23.4. The van der Waals surface area contributed by atoms with Crippen molar-refractivity contribution >= 4 is 22.7 Å². The topological polar surface area (TPSA) is 17.1 Å². The zero-order valence-electron chi connectivity index (χ0n) is 21.8. The number of hydrogen-bond acceptors (Lipinski definition) is 1. The van der Waals surface area contributed by atoms with E-state index in [1.807, 2.05) is 6.92 Å². The number of hydrogen-bond donors (Lipinski definition) is 0. The Balaban J connectivity index is 5.13.